The summed E-state index contributed by atoms with van der Waals surface area (Å²) in [4.78, 5) is 60.9. The first-order chi connectivity index (χ1) is 13.6. The predicted molar refractivity (Wildman–Crippen MR) is 102 cm³/mol. The molecule has 4 atom stereocenters. The zero-order valence-electron chi connectivity index (χ0n) is 16.7. The first-order valence-electron chi connectivity index (χ1n) is 9.67. The average molecular weight is 414 g/mol. The smallest absolute Gasteiger partial charge is 0.326 e. The number of nitrogens with zero attached hydrogens (tertiary/aromatic N) is 1. The van der Waals surface area contributed by atoms with Crippen molar-refractivity contribution in [2.75, 3.05) is 13.1 Å². The summed E-state index contributed by atoms with van der Waals surface area (Å²) in [7, 11) is 0. The molecule has 1 aliphatic heterocycles. The maximum absolute atomic E-state index is 13.0. The summed E-state index contributed by atoms with van der Waals surface area (Å²) < 4.78 is 0. The molecule has 0 bridgehead atoms. The van der Waals surface area contributed by atoms with Gasteiger partial charge in [0.15, 0.2) is 0 Å². The standard InChI is InChI=1S/C18H30N4O7/c1-3-10(2)15(17(27)22-8-4-5-12(22)18(28)29)21-16(26)11(6-7-14(24)25)20-13(23)9-19/h10-12,15H,3-9,19H2,1-2H3,(H,20,23)(H,21,26)(H,24,25)(H,28,29). The minimum atomic E-state index is -1.17. The molecule has 0 aliphatic carbocycles. The van der Waals surface area contributed by atoms with Crippen LogP contribution in [0.3, 0.4) is 0 Å². The van der Waals surface area contributed by atoms with Crippen LogP contribution in [0.1, 0.15) is 46.0 Å². The first kappa shape index (κ1) is 24.3. The van der Waals surface area contributed by atoms with Crippen molar-refractivity contribution in [2.45, 2.75) is 64.1 Å². The molecular formula is C18H30N4O7. The van der Waals surface area contributed by atoms with Gasteiger partial charge in [0, 0.05) is 13.0 Å². The van der Waals surface area contributed by atoms with Crippen molar-refractivity contribution in [2.24, 2.45) is 11.7 Å². The number of rotatable bonds is 11. The third-order valence-corrected chi connectivity index (χ3v) is 5.08. The van der Waals surface area contributed by atoms with Gasteiger partial charge in [-0.15, -0.1) is 0 Å². The zero-order valence-corrected chi connectivity index (χ0v) is 16.7. The molecule has 0 radical (unpaired) electrons. The van der Waals surface area contributed by atoms with Gasteiger partial charge in [-0.05, 0) is 25.2 Å². The molecule has 1 saturated heterocycles. The van der Waals surface area contributed by atoms with Crippen LogP contribution in [0.5, 0.6) is 0 Å². The Bertz CT molecular complexity index is 640. The second kappa shape index (κ2) is 11.3. The summed E-state index contributed by atoms with van der Waals surface area (Å²) in [5, 5.41) is 23.2. The largest absolute Gasteiger partial charge is 0.481 e. The highest BCUT2D eigenvalue weighted by atomic mass is 16.4. The Morgan fingerprint density at radius 1 is 1.17 bits per heavy atom. The van der Waals surface area contributed by atoms with Crippen molar-refractivity contribution in [3.05, 3.63) is 0 Å². The highest BCUT2D eigenvalue weighted by Crippen LogP contribution is 2.21. The third kappa shape index (κ3) is 7.00. The lowest BCUT2D eigenvalue weighted by atomic mass is 9.96. The van der Waals surface area contributed by atoms with Crippen LogP contribution in [0, 0.1) is 5.92 Å². The number of nitrogens with one attached hydrogen (secondary N) is 2. The lowest BCUT2D eigenvalue weighted by Gasteiger charge is -2.31. The summed E-state index contributed by atoms with van der Waals surface area (Å²) >= 11 is 0. The van der Waals surface area contributed by atoms with Crippen molar-refractivity contribution >= 4 is 29.7 Å². The van der Waals surface area contributed by atoms with Crippen molar-refractivity contribution < 1.29 is 34.2 Å². The van der Waals surface area contributed by atoms with Gasteiger partial charge in [-0.25, -0.2) is 4.79 Å². The Labute approximate surface area is 169 Å². The number of hydrogen-bond donors (Lipinski definition) is 5. The van der Waals surface area contributed by atoms with Crippen molar-refractivity contribution in [3.8, 4) is 0 Å². The minimum Gasteiger partial charge on any atom is -0.481 e. The molecule has 1 aliphatic rings. The van der Waals surface area contributed by atoms with Crippen molar-refractivity contribution in [1.29, 1.82) is 0 Å². The Morgan fingerprint density at radius 2 is 1.83 bits per heavy atom. The van der Waals surface area contributed by atoms with Crippen LogP contribution in [0.25, 0.3) is 0 Å². The van der Waals surface area contributed by atoms with E-state index in [-0.39, 0.29) is 31.8 Å². The number of carboxylic acids is 2. The van der Waals surface area contributed by atoms with E-state index in [1.807, 2.05) is 6.92 Å². The molecule has 29 heavy (non-hydrogen) atoms. The molecule has 0 aromatic rings. The van der Waals surface area contributed by atoms with E-state index in [9.17, 15) is 29.1 Å². The fraction of sp³-hybridized carbons (Fsp3) is 0.722. The van der Waals surface area contributed by atoms with Crippen LogP contribution in [0.15, 0.2) is 0 Å². The Morgan fingerprint density at radius 3 is 2.34 bits per heavy atom. The maximum atomic E-state index is 13.0. The van der Waals surface area contributed by atoms with Gasteiger partial charge in [0.25, 0.3) is 0 Å². The number of carbonyl (C=O) groups is 5. The maximum Gasteiger partial charge on any atom is 0.326 e. The van der Waals surface area contributed by atoms with Gasteiger partial charge in [0.05, 0.1) is 6.54 Å². The van der Waals surface area contributed by atoms with Crippen molar-refractivity contribution in [1.82, 2.24) is 15.5 Å². The number of amides is 3. The summed E-state index contributed by atoms with van der Waals surface area (Å²) in [5.74, 6) is -4.38. The second-order valence-corrected chi connectivity index (χ2v) is 7.16. The summed E-state index contributed by atoms with van der Waals surface area (Å²) in [6.45, 7) is 3.48. The molecule has 0 aromatic heterocycles. The van der Waals surface area contributed by atoms with Crippen LogP contribution in [-0.4, -0.2) is 76.0 Å². The Balaban J connectivity index is 2.99. The lowest BCUT2D eigenvalue weighted by molar-refractivity contribution is -0.150. The Hall–Kier alpha value is -2.69. The van der Waals surface area contributed by atoms with Crippen LogP contribution in [-0.2, 0) is 24.0 Å². The van der Waals surface area contributed by atoms with Gasteiger partial charge in [0.2, 0.25) is 17.7 Å². The molecule has 1 rings (SSSR count). The highest BCUT2D eigenvalue weighted by Gasteiger charge is 2.39. The molecule has 11 heteroatoms. The minimum absolute atomic E-state index is 0.171. The van der Waals surface area contributed by atoms with Gasteiger partial charge in [-0.2, -0.15) is 0 Å². The Kier molecular flexibility index (Phi) is 9.53. The monoisotopic (exact) mass is 414 g/mol. The van der Waals surface area contributed by atoms with Crippen molar-refractivity contribution in [3.63, 3.8) is 0 Å². The number of aliphatic carboxylic acids is 2. The molecule has 4 unspecified atom stereocenters. The van der Waals surface area contributed by atoms with E-state index < -0.39 is 47.8 Å². The van der Waals surface area contributed by atoms with Gasteiger partial charge >= 0.3 is 11.9 Å². The van der Waals surface area contributed by atoms with E-state index in [0.29, 0.717) is 19.3 Å². The first-order valence-corrected chi connectivity index (χ1v) is 9.67. The van der Waals surface area contributed by atoms with Gasteiger partial charge in [0.1, 0.15) is 18.1 Å². The third-order valence-electron chi connectivity index (χ3n) is 5.08. The molecule has 0 spiro atoms. The second-order valence-electron chi connectivity index (χ2n) is 7.16. The number of hydrogen-bond acceptors (Lipinski definition) is 6. The quantitative estimate of drug-likeness (QED) is 0.283. The number of nitrogens with two attached hydrogens (primary N) is 1. The van der Waals surface area contributed by atoms with Crippen LogP contribution < -0.4 is 16.4 Å². The molecular weight excluding hydrogens is 384 g/mol. The summed E-state index contributed by atoms with van der Waals surface area (Å²) in [5.41, 5.74) is 5.25. The van der Waals surface area contributed by atoms with Gasteiger partial charge < -0.3 is 31.5 Å². The summed E-state index contributed by atoms with van der Waals surface area (Å²) in [6.07, 6.45) is 0.902. The van der Waals surface area contributed by atoms with Crippen LogP contribution in [0.2, 0.25) is 0 Å². The summed E-state index contributed by atoms with van der Waals surface area (Å²) in [6, 6.07) is -3.10. The molecule has 1 heterocycles. The number of carboxylic acid groups (broad SMARTS) is 2. The molecule has 0 saturated carbocycles. The van der Waals surface area contributed by atoms with E-state index in [1.165, 1.54) is 4.90 Å². The van der Waals surface area contributed by atoms with Crippen LogP contribution in [0.4, 0.5) is 0 Å². The topological polar surface area (TPSA) is 179 Å². The van der Waals surface area contributed by atoms with Gasteiger partial charge in [-0.3, -0.25) is 19.2 Å². The molecule has 6 N–H and O–H groups in total. The van der Waals surface area contributed by atoms with E-state index >= 15 is 0 Å². The fourth-order valence-electron chi connectivity index (χ4n) is 3.19. The molecule has 3 amide bonds. The fourth-order valence-corrected chi connectivity index (χ4v) is 3.19. The predicted octanol–water partition coefficient (Wildman–Crippen LogP) is -1.10. The normalized spacial score (nSPS) is 19.1. The number of likely N-dealkylation sites (tertiary alicyclic amines) is 1. The van der Waals surface area contributed by atoms with E-state index in [4.69, 9.17) is 10.8 Å². The van der Waals surface area contributed by atoms with E-state index in [1.54, 1.807) is 6.92 Å². The van der Waals surface area contributed by atoms with E-state index in [0.717, 1.165) is 0 Å². The molecule has 1 fully saturated rings. The highest BCUT2D eigenvalue weighted by molar-refractivity contribution is 5.94. The van der Waals surface area contributed by atoms with Gasteiger partial charge in [-0.1, -0.05) is 20.3 Å². The SMILES string of the molecule is CCC(C)C(NC(=O)C(CCC(=O)O)NC(=O)CN)C(=O)N1CCCC1C(=O)O. The van der Waals surface area contributed by atoms with E-state index in [2.05, 4.69) is 10.6 Å². The molecule has 0 aromatic carbocycles. The van der Waals surface area contributed by atoms with Crippen LogP contribution >= 0.6 is 0 Å². The average Bonchev–Trinajstić information content (AvgIpc) is 3.17. The number of carbonyl (C=O) groups excluding carboxylic acids is 3. The molecule has 164 valence electrons. The zero-order chi connectivity index (χ0) is 22.1. The lowest BCUT2D eigenvalue weighted by Crippen LogP contribution is -2.58. The molecule has 11 nitrogen and oxygen atoms in total.